The summed E-state index contributed by atoms with van der Waals surface area (Å²) in [7, 11) is 0. The Labute approximate surface area is 204 Å². The standard InChI is InChI=1S/C27H31FN2O5/c1-3-35-22-10-9-19(17-18(22)2)25(31)23-24(20-7-4-5-8-21(20)28)30(27(33)26(23)32)12-6-11-29-13-15-34-16-14-29/h4-5,7-10,17,24,31H,3,6,11-16H2,1-2H3/b25-23+. The van der Waals surface area contributed by atoms with Crippen molar-refractivity contribution < 1.29 is 28.6 Å². The molecule has 2 aliphatic heterocycles. The number of aliphatic hydroxyl groups is 1. The maximum Gasteiger partial charge on any atom is 0.295 e. The molecule has 1 amide bonds. The summed E-state index contributed by atoms with van der Waals surface area (Å²) in [5.41, 5.74) is 1.23. The highest BCUT2D eigenvalue weighted by atomic mass is 19.1. The topological polar surface area (TPSA) is 79.3 Å². The van der Waals surface area contributed by atoms with Gasteiger partial charge in [0.05, 0.1) is 31.4 Å². The normalized spacial score (nSPS) is 20.4. The van der Waals surface area contributed by atoms with Gasteiger partial charge in [-0.1, -0.05) is 18.2 Å². The lowest BCUT2D eigenvalue weighted by molar-refractivity contribution is -0.140. The Morgan fingerprint density at radius 1 is 1.14 bits per heavy atom. The molecule has 4 rings (SSSR count). The SMILES string of the molecule is CCOc1ccc(/C(O)=C2\C(=O)C(=O)N(CCCN3CCOCC3)C2c2ccccc2F)cc1C. The Hall–Kier alpha value is -3.23. The number of Topliss-reactive ketones (excluding diaryl/α,β-unsaturated/α-hetero) is 1. The van der Waals surface area contributed by atoms with E-state index in [-0.39, 0.29) is 23.4 Å². The van der Waals surface area contributed by atoms with Crippen molar-refractivity contribution in [3.8, 4) is 5.75 Å². The van der Waals surface area contributed by atoms with Gasteiger partial charge >= 0.3 is 0 Å². The van der Waals surface area contributed by atoms with Gasteiger partial charge in [0.1, 0.15) is 17.3 Å². The van der Waals surface area contributed by atoms with E-state index in [4.69, 9.17) is 9.47 Å². The van der Waals surface area contributed by atoms with Gasteiger partial charge in [-0.25, -0.2) is 4.39 Å². The predicted molar refractivity (Wildman–Crippen MR) is 130 cm³/mol. The highest BCUT2D eigenvalue weighted by Crippen LogP contribution is 2.40. The first-order valence-corrected chi connectivity index (χ1v) is 12.0. The van der Waals surface area contributed by atoms with Gasteiger partial charge in [-0.3, -0.25) is 14.5 Å². The molecule has 2 aliphatic rings. The fraction of sp³-hybridized carbons (Fsp3) is 0.407. The van der Waals surface area contributed by atoms with Crippen LogP contribution in [0.25, 0.3) is 5.76 Å². The van der Waals surface area contributed by atoms with Gasteiger partial charge in [0.2, 0.25) is 0 Å². The Bertz CT molecular complexity index is 1130. The molecular formula is C27H31FN2O5. The molecule has 186 valence electrons. The number of halogens is 1. The molecule has 2 aromatic rings. The highest BCUT2D eigenvalue weighted by molar-refractivity contribution is 6.46. The number of carbonyl (C=O) groups excluding carboxylic acids is 2. The van der Waals surface area contributed by atoms with Gasteiger partial charge in [0.15, 0.2) is 0 Å². The molecule has 2 fully saturated rings. The number of ether oxygens (including phenoxy) is 2. The van der Waals surface area contributed by atoms with Crippen LogP contribution in [0.5, 0.6) is 5.75 Å². The molecule has 0 saturated carbocycles. The summed E-state index contributed by atoms with van der Waals surface area (Å²) in [6.07, 6.45) is 0.611. The second kappa shape index (κ2) is 11.0. The largest absolute Gasteiger partial charge is 0.507 e. The van der Waals surface area contributed by atoms with E-state index in [0.29, 0.717) is 37.6 Å². The van der Waals surface area contributed by atoms with Crippen LogP contribution in [0.15, 0.2) is 48.0 Å². The molecule has 35 heavy (non-hydrogen) atoms. The molecule has 0 bridgehead atoms. The maximum atomic E-state index is 14.9. The highest BCUT2D eigenvalue weighted by Gasteiger charge is 2.46. The molecule has 0 aliphatic carbocycles. The van der Waals surface area contributed by atoms with Crippen LogP contribution < -0.4 is 4.74 Å². The number of likely N-dealkylation sites (tertiary alicyclic amines) is 1. The summed E-state index contributed by atoms with van der Waals surface area (Å²) >= 11 is 0. The first-order valence-electron chi connectivity index (χ1n) is 12.0. The zero-order chi connectivity index (χ0) is 24.9. The van der Waals surface area contributed by atoms with Crippen molar-refractivity contribution in [2.45, 2.75) is 26.3 Å². The summed E-state index contributed by atoms with van der Waals surface area (Å²) in [6.45, 7) is 8.16. The first-order chi connectivity index (χ1) is 16.9. The van der Waals surface area contributed by atoms with Crippen LogP contribution in [0.4, 0.5) is 4.39 Å². The van der Waals surface area contributed by atoms with E-state index in [2.05, 4.69) is 4.90 Å². The van der Waals surface area contributed by atoms with Gasteiger partial charge < -0.3 is 19.5 Å². The van der Waals surface area contributed by atoms with E-state index in [9.17, 15) is 19.1 Å². The Morgan fingerprint density at radius 2 is 1.89 bits per heavy atom. The van der Waals surface area contributed by atoms with Gasteiger partial charge in [-0.05, 0) is 50.1 Å². The number of aryl methyl sites for hydroxylation is 1. The van der Waals surface area contributed by atoms with Gasteiger partial charge in [-0.15, -0.1) is 0 Å². The van der Waals surface area contributed by atoms with Crippen molar-refractivity contribution in [2.24, 2.45) is 0 Å². The van der Waals surface area contributed by atoms with Crippen molar-refractivity contribution in [3.05, 3.63) is 70.5 Å². The first kappa shape index (κ1) is 24.9. The molecule has 2 saturated heterocycles. The maximum absolute atomic E-state index is 14.9. The summed E-state index contributed by atoms with van der Waals surface area (Å²) in [5.74, 6) is -1.74. The van der Waals surface area contributed by atoms with Crippen molar-refractivity contribution >= 4 is 17.4 Å². The molecule has 8 heteroatoms. The van der Waals surface area contributed by atoms with Crippen LogP contribution in [-0.2, 0) is 14.3 Å². The van der Waals surface area contributed by atoms with Crippen molar-refractivity contribution in [2.75, 3.05) is 46.0 Å². The predicted octanol–water partition coefficient (Wildman–Crippen LogP) is 3.68. The Kier molecular flexibility index (Phi) is 7.83. The lowest BCUT2D eigenvalue weighted by Gasteiger charge is -2.29. The monoisotopic (exact) mass is 482 g/mol. The van der Waals surface area contributed by atoms with Crippen LogP contribution in [0.3, 0.4) is 0 Å². The lowest BCUT2D eigenvalue weighted by atomic mass is 9.94. The Morgan fingerprint density at radius 3 is 2.57 bits per heavy atom. The van der Waals surface area contributed by atoms with E-state index in [1.807, 2.05) is 13.8 Å². The van der Waals surface area contributed by atoms with Crippen molar-refractivity contribution in [1.82, 2.24) is 9.80 Å². The molecule has 2 heterocycles. The van der Waals surface area contributed by atoms with Crippen molar-refractivity contribution in [1.29, 1.82) is 0 Å². The number of carbonyl (C=O) groups is 2. The minimum atomic E-state index is -1.01. The number of benzene rings is 2. The Balaban J connectivity index is 1.69. The van der Waals surface area contributed by atoms with E-state index < -0.39 is 23.5 Å². The number of hydrogen-bond acceptors (Lipinski definition) is 6. The molecule has 1 atom stereocenters. The number of amides is 1. The van der Waals surface area contributed by atoms with Crippen LogP contribution in [0.1, 0.15) is 36.1 Å². The number of aliphatic hydroxyl groups excluding tert-OH is 1. The van der Waals surface area contributed by atoms with Crippen LogP contribution in [0.2, 0.25) is 0 Å². The van der Waals surface area contributed by atoms with E-state index in [1.54, 1.807) is 36.4 Å². The minimum Gasteiger partial charge on any atom is -0.507 e. The third-order valence-electron chi connectivity index (χ3n) is 6.47. The van der Waals surface area contributed by atoms with Crippen LogP contribution >= 0.6 is 0 Å². The van der Waals surface area contributed by atoms with Crippen molar-refractivity contribution in [3.63, 3.8) is 0 Å². The molecule has 0 radical (unpaired) electrons. The van der Waals surface area contributed by atoms with E-state index >= 15 is 0 Å². The number of nitrogens with zero attached hydrogens (tertiary/aromatic N) is 2. The molecule has 0 aromatic heterocycles. The number of morpholine rings is 1. The van der Waals surface area contributed by atoms with E-state index in [1.165, 1.54) is 11.0 Å². The smallest absolute Gasteiger partial charge is 0.295 e. The molecule has 0 spiro atoms. The lowest BCUT2D eigenvalue weighted by Crippen LogP contribution is -2.39. The molecule has 7 nitrogen and oxygen atoms in total. The fourth-order valence-electron chi connectivity index (χ4n) is 4.69. The molecule has 1 unspecified atom stereocenters. The van der Waals surface area contributed by atoms with Crippen LogP contribution in [-0.4, -0.2) is 72.6 Å². The third-order valence-corrected chi connectivity index (χ3v) is 6.47. The second-order valence-corrected chi connectivity index (χ2v) is 8.73. The summed E-state index contributed by atoms with van der Waals surface area (Å²) < 4.78 is 25.9. The third kappa shape index (κ3) is 5.23. The average Bonchev–Trinajstić information content (AvgIpc) is 3.11. The molecular weight excluding hydrogens is 451 g/mol. The number of rotatable bonds is 8. The quantitative estimate of drug-likeness (QED) is 0.351. The zero-order valence-electron chi connectivity index (χ0n) is 20.1. The minimum absolute atomic E-state index is 0.102. The summed E-state index contributed by atoms with van der Waals surface area (Å²) in [4.78, 5) is 29.9. The van der Waals surface area contributed by atoms with E-state index in [0.717, 1.165) is 25.2 Å². The number of ketones is 1. The number of hydrogen-bond donors (Lipinski definition) is 1. The fourth-order valence-corrected chi connectivity index (χ4v) is 4.69. The summed E-state index contributed by atoms with van der Waals surface area (Å²) in [6, 6.07) is 10.1. The second-order valence-electron chi connectivity index (χ2n) is 8.73. The summed E-state index contributed by atoms with van der Waals surface area (Å²) in [5, 5.41) is 11.2. The molecule has 2 aromatic carbocycles. The van der Waals surface area contributed by atoms with Gasteiger partial charge in [-0.2, -0.15) is 0 Å². The van der Waals surface area contributed by atoms with Crippen LogP contribution in [0, 0.1) is 12.7 Å². The average molecular weight is 483 g/mol. The molecule has 1 N–H and O–H groups in total. The van der Waals surface area contributed by atoms with Gasteiger partial charge in [0.25, 0.3) is 11.7 Å². The van der Waals surface area contributed by atoms with Gasteiger partial charge in [0, 0.05) is 37.3 Å². The zero-order valence-corrected chi connectivity index (χ0v) is 20.1.